The van der Waals surface area contributed by atoms with Gasteiger partial charge in [-0.2, -0.15) is 0 Å². The molecule has 1 atom stereocenters. The van der Waals surface area contributed by atoms with Gasteiger partial charge in [0.05, 0.1) is 12.7 Å². The molecule has 0 aliphatic heterocycles. The number of esters is 1. The number of rotatable bonds is 15. The van der Waals surface area contributed by atoms with Crippen LogP contribution in [-0.4, -0.2) is 43.6 Å². The first-order chi connectivity index (χ1) is 22.8. The maximum atomic E-state index is 13.3. The topological polar surface area (TPSA) is 132 Å². The molecule has 4 aromatic rings. The average molecular weight is 638 g/mol. The van der Waals surface area contributed by atoms with Crippen molar-refractivity contribution >= 4 is 29.6 Å². The molecular weight excluding hydrogens is 598 g/mol. The largest absolute Gasteiger partial charge is 0.489 e. The summed E-state index contributed by atoms with van der Waals surface area (Å²) in [6, 6.07) is 30.5. The van der Waals surface area contributed by atoms with E-state index in [1.165, 1.54) is 14.0 Å². The van der Waals surface area contributed by atoms with E-state index in [-0.39, 0.29) is 12.5 Å². The van der Waals surface area contributed by atoms with Crippen LogP contribution in [0.1, 0.15) is 47.7 Å². The normalized spacial score (nSPS) is 11.1. The number of hydrogen-bond donors (Lipinski definition) is 3. The lowest BCUT2D eigenvalue weighted by atomic mass is 9.98. The zero-order chi connectivity index (χ0) is 33.4. The van der Waals surface area contributed by atoms with Crippen molar-refractivity contribution in [2.75, 3.05) is 19.0 Å². The second-order valence-corrected chi connectivity index (χ2v) is 10.8. The Labute approximate surface area is 274 Å². The number of ether oxygens (including phenoxy) is 3. The highest BCUT2D eigenvalue weighted by Crippen LogP contribution is 2.31. The maximum absolute atomic E-state index is 13.3. The lowest BCUT2D eigenvalue weighted by Crippen LogP contribution is -2.43. The van der Waals surface area contributed by atoms with E-state index in [0.29, 0.717) is 60.5 Å². The molecule has 10 heteroatoms. The molecule has 3 amide bonds. The van der Waals surface area contributed by atoms with Crippen LogP contribution < -0.4 is 20.7 Å². The second-order valence-electron chi connectivity index (χ2n) is 10.8. The Morgan fingerprint density at radius 1 is 0.766 bits per heavy atom. The Morgan fingerprint density at radius 3 is 2.15 bits per heavy atom. The van der Waals surface area contributed by atoms with E-state index in [4.69, 9.17) is 14.2 Å². The lowest BCUT2D eigenvalue weighted by molar-refractivity contribution is -0.125. The van der Waals surface area contributed by atoms with Gasteiger partial charge in [0.2, 0.25) is 11.8 Å². The Bertz CT molecular complexity index is 1640. The summed E-state index contributed by atoms with van der Waals surface area (Å²) >= 11 is 0. The molecule has 10 nitrogen and oxygen atoms in total. The minimum atomic E-state index is -0.809. The van der Waals surface area contributed by atoms with E-state index in [0.717, 1.165) is 11.1 Å². The zero-order valence-corrected chi connectivity index (χ0v) is 26.5. The first-order valence-electron chi connectivity index (χ1n) is 15.3. The van der Waals surface area contributed by atoms with Crippen LogP contribution in [0.25, 0.3) is 11.1 Å². The van der Waals surface area contributed by atoms with Crippen LogP contribution in [0.15, 0.2) is 103 Å². The highest BCUT2D eigenvalue weighted by molar-refractivity contribution is 6.01. The van der Waals surface area contributed by atoms with Crippen LogP contribution in [-0.2, 0) is 32.3 Å². The third-order valence-electron chi connectivity index (χ3n) is 7.18. The van der Waals surface area contributed by atoms with E-state index in [9.17, 15) is 19.2 Å². The molecule has 0 saturated carbocycles. The number of amides is 3. The predicted molar refractivity (Wildman–Crippen MR) is 179 cm³/mol. The van der Waals surface area contributed by atoms with E-state index in [1.807, 2.05) is 84.9 Å². The van der Waals surface area contributed by atoms with Crippen LogP contribution in [0.4, 0.5) is 10.5 Å². The van der Waals surface area contributed by atoms with Gasteiger partial charge in [-0.15, -0.1) is 0 Å². The molecule has 0 radical (unpaired) electrons. The molecule has 0 aliphatic carbocycles. The molecule has 0 aromatic heterocycles. The number of benzene rings is 4. The Kier molecular flexibility index (Phi) is 12.9. The quantitative estimate of drug-likeness (QED) is 0.104. The van der Waals surface area contributed by atoms with Crippen molar-refractivity contribution in [3.8, 4) is 16.9 Å². The van der Waals surface area contributed by atoms with Crippen LogP contribution in [0.5, 0.6) is 5.75 Å². The summed E-state index contributed by atoms with van der Waals surface area (Å²) in [5, 5.41) is 8.27. The van der Waals surface area contributed by atoms with Crippen molar-refractivity contribution in [3.05, 3.63) is 120 Å². The van der Waals surface area contributed by atoms with E-state index < -0.39 is 24.0 Å². The van der Waals surface area contributed by atoms with Crippen LogP contribution >= 0.6 is 0 Å². The molecule has 0 heterocycles. The first kappa shape index (κ1) is 34.2. The van der Waals surface area contributed by atoms with E-state index in [1.54, 1.807) is 18.2 Å². The van der Waals surface area contributed by atoms with Crippen LogP contribution in [0.3, 0.4) is 0 Å². The van der Waals surface area contributed by atoms with Crippen molar-refractivity contribution in [2.24, 2.45) is 0 Å². The summed E-state index contributed by atoms with van der Waals surface area (Å²) in [7, 11) is 1.31. The minimum absolute atomic E-state index is 0.174. The smallest absolute Gasteiger partial charge is 0.407 e. The molecule has 0 aliphatic rings. The summed E-state index contributed by atoms with van der Waals surface area (Å²) in [4.78, 5) is 49.9. The fourth-order valence-electron chi connectivity index (χ4n) is 4.82. The van der Waals surface area contributed by atoms with E-state index in [2.05, 4.69) is 16.0 Å². The molecule has 0 spiro atoms. The first-order valence-corrected chi connectivity index (χ1v) is 15.3. The number of methoxy groups -OCH3 is 1. The molecule has 47 heavy (non-hydrogen) atoms. The predicted octanol–water partition coefficient (Wildman–Crippen LogP) is 6.26. The fraction of sp³-hybridized carbons (Fsp3) is 0.243. The minimum Gasteiger partial charge on any atom is -0.489 e. The number of carbonyl (C=O) groups is 4. The van der Waals surface area contributed by atoms with Crippen molar-refractivity contribution in [1.82, 2.24) is 10.6 Å². The number of anilines is 1. The molecule has 4 rings (SSSR count). The average Bonchev–Trinajstić information content (AvgIpc) is 3.09. The lowest BCUT2D eigenvalue weighted by Gasteiger charge is -2.19. The Morgan fingerprint density at radius 2 is 1.47 bits per heavy atom. The molecular formula is C37H39N3O7. The van der Waals surface area contributed by atoms with E-state index >= 15 is 0 Å². The van der Waals surface area contributed by atoms with Crippen molar-refractivity contribution in [3.63, 3.8) is 0 Å². The number of hydrogen-bond acceptors (Lipinski definition) is 7. The van der Waals surface area contributed by atoms with Gasteiger partial charge < -0.3 is 30.2 Å². The van der Waals surface area contributed by atoms with Gasteiger partial charge in [0.1, 0.15) is 25.0 Å². The molecule has 4 aromatic carbocycles. The number of unbranched alkanes of at least 4 members (excludes halogenated alkanes) is 1. The molecule has 0 fully saturated rings. The van der Waals surface area contributed by atoms with Gasteiger partial charge in [0.15, 0.2) is 0 Å². The zero-order valence-electron chi connectivity index (χ0n) is 26.5. The molecule has 3 N–H and O–H groups in total. The van der Waals surface area contributed by atoms with Crippen molar-refractivity contribution in [2.45, 2.75) is 45.4 Å². The van der Waals surface area contributed by atoms with Gasteiger partial charge in [-0.05, 0) is 71.8 Å². The monoisotopic (exact) mass is 637 g/mol. The van der Waals surface area contributed by atoms with Gasteiger partial charge in [0.25, 0.3) is 0 Å². The maximum Gasteiger partial charge on any atom is 0.407 e. The second kappa shape index (κ2) is 17.7. The highest BCUT2D eigenvalue weighted by Gasteiger charge is 2.21. The van der Waals surface area contributed by atoms with Crippen LogP contribution in [0, 0.1) is 0 Å². The third kappa shape index (κ3) is 11.0. The number of nitrogens with one attached hydrogen (secondary N) is 3. The fourth-order valence-corrected chi connectivity index (χ4v) is 4.82. The summed E-state index contributed by atoms with van der Waals surface area (Å²) in [6.45, 7) is 2.26. The van der Waals surface area contributed by atoms with Crippen molar-refractivity contribution < 1.29 is 33.4 Å². The Balaban J connectivity index is 1.37. The molecule has 0 bridgehead atoms. The number of alkyl carbamates (subject to hydrolysis) is 1. The Hall–Kier alpha value is -5.64. The summed E-state index contributed by atoms with van der Waals surface area (Å²) in [6.07, 6.45) is 0.953. The standard InChI is InChI=1S/C37H39N3O7/c1-26(41)39-34(18-9-10-21-38-37(44)47-25-28-14-7-4-8-15-28)35(42)40-30-19-20-32(36(43)45-2)33(23-30)29-16-11-17-31(22-29)46-24-27-12-5-3-6-13-27/h3-8,11-17,19-20,22-23,34H,9-10,18,21,24-25H2,1-2H3,(H,38,44)(H,39,41)(H,40,42)/t34-/m0/s1. The SMILES string of the molecule is COC(=O)c1ccc(NC(=O)[C@H](CCCCNC(=O)OCc2ccccc2)NC(C)=O)cc1-c1cccc(OCc2ccccc2)c1. The van der Waals surface area contributed by atoms with Gasteiger partial charge in [-0.3, -0.25) is 9.59 Å². The molecule has 244 valence electrons. The third-order valence-corrected chi connectivity index (χ3v) is 7.18. The van der Waals surface area contributed by atoms with Gasteiger partial charge in [0, 0.05) is 19.2 Å². The molecule has 0 unspecified atom stereocenters. The van der Waals surface area contributed by atoms with Gasteiger partial charge in [-0.25, -0.2) is 9.59 Å². The van der Waals surface area contributed by atoms with Crippen LogP contribution in [0.2, 0.25) is 0 Å². The summed E-state index contributed by atoms with van der Waals surface area (Å²) in [5.74, 6) is -0.669. The summed E-state index contributed by atoms with van der Waals surface area (Å²) < 4.78 is 16.2. The number of carbonyl (C=O) groups excluding carboxylic acids is 4. The van der Waals surface area contributed by atoms with Gasteiger partial charge in [-0.1, -0.05) is 72.8 Å². The van der Waals surface area contributed by atoms with Crippen molar-refractivity contribution in [1.29, 1.82) is 0 Å². The van der Waals surface area contributed by atoms with Gasteiger partial charge >= 0.3 is 12.1 Å². The summed E-state index contributed by atoms with van der Waals surface area (Å²) in [5.41, 5.74) is 3.90. The molecule has 0 saturated heterocycles. The highest BCUT2D eigenvalue weighted by atomic mass is 16.5.